The minimum absolute atomic E-state index is 0.953. The van der Waals surface area contributed by atoms with Gasteiger partial charge >= 0.3 is 0 Å². The highest BCUT2D eigenvalue weighted by Gasteiger charge is 2.01. The third-order valence-corrected chi connectivity index (χ3v) is 2.34. The Morgan fingerprint density at radius 2 is 1.77 bits per heavy atom. The Labute approximate surface area is 87.5 Å². The van der Waals surface area contributed by atoms with Crippen LogP contribution in [0.4, 0.5) is 0 Å². The molecule has 1 aliphatic carbocycles. The molecule has 0 spiro atoms. The maximum Gasteiger partial charge on any atom is 0.0407 e. The van der Waals surface area contributed by atoms with Gasteiger partial charge in [-0.05, 0) is 25.2 Å². The number of thioether (sulfide) groups is 1. The van der Waals surface area contributed by atoms with Crippen molar-refractivity contribution in [2.75, 3.05) is 6.26 Å². The van der Waals surface area contributed by atoms with Crippen LogP contribution in [0.5, 0.6) is 0 Å². The minimum atomic E-state index is 0.953. The number of rotatable bonds is 1. The summed E-state index contributed by atoms with van der Waals surface area (Å²) >= 11 is 1.76. The monoisotopic (exact) mass is 201 g/mol. The first kappa shape index (κ1) is 15.1. The van der Waals surface area contributed by atoms with E-state index in [1.54, 1.807) is 11.8 Å². The van der Waals surface area contributed by atoms with Crippen molar-refractivity contribution in [3.05, 3.63) is 22.8 Å². The lowest BCUT2D eigenvalue weighted by Gasteiger charge is -2.08. The molecule has 13 heavy (non-hydrogen) atoms. The van der Waals surface area contributed by atoms with Gasteiger partial charge in [0.15, 0.2) is 0 Å². The normalized spacial score (nSPS) is 13.9. The van der Waals surface area contributed by atoms with Crippen LogP contribution in [0, 0.1) is 0 Å². The maximum absolute atomic E-state index is 5.66. The SMILES string of the molecule is CC.CC.CSC1=C(N)C=CCC1. The summed E-state index contributed by atoms with van der Waals surface area (Å²) in [6.45, 7) is 8.00. The number of hydrogen-bond acceptors (Lipinski definition) is 2. The average molecular weight is 201 g/mol. The van der Waals surface area contributed by atoms with Crippen molar-refractivity contribution >= 4 is 11.8 Å². The van der Waals surface area contributed by atoms with Crippen molar-refractivity contribution in [2.45, 2.75) is 40.5 Å². The summed E-state index contributed by atoms with van der Waals surface area (Å²) in [4.78, 5) is 1.33. The molecule has 0 saturated heterocycles. The predicted molar refractivity (Wildman–Crippen MR) is 65.8 cm³/mol. The van der Waals surface area contributed by atoms with E-state index in [4.69, 9.17) is 5.73 Å². The summed E-state index contributed by atoms with van der Waals surface area (Å²) in [7, 11) is 0. The van der Waals surface area contributed by atoms with E-state index in [-0.39, 0.29) is 0 Å². The third kappa shape index (κ3) is 6.76. The standard InChI is InChI=1S/C7H11NS.2C2H6/c1-9-7-5-3-2-4-6(7)8;2*1-2/h2,4H,3,5,8H2,1H3;2*1-2H3. The van der Waals surface area contributed by atoms with E-state index in [1.165, 1.54) is 4.91 Å². The molecular formula is C11H23NS. The van der Waals surface area contributed by atoms with Gasteiger partial charge in [0.1, 0.15) is 0 Å². The lowest BCUT2D eigenvalue weighted by molar-refractivity contribution is 0.994. The Hall–Kier alpha value is -0.370. The van der Waals surface area contributed by atoms with E-state index < -0.39 is 0 Å². The van der Waals surface area contributed by atoms with Crippen molar-refractivity contribution < 1.29 is 0 Å². The fourth-order valence-corrected chi connectivity index (χ4v) is 1.51. The molecule has 0 aromatic carbocycles. The molecule has 0 atom stereocenters. The van der Waals surface area contributed by atoms with Gasteiger partial charge < -0.3 is 5.73 Å². The highest BCUT2D eigenvalue weighted by molar-refractivity contribution is 8.02. The van der Waals surface area contributed by atoms with Crippen LogP contribution in [0.2, 0.25) is 0 Å². The molecule has 1 rings (SSSR count). The smallest absolute Gasteiger partial charge is 0.0407 e. The van der Waals surface area contributed by atoms with Crippen molar-refractivity contribution in [3.8, 4) is 0 Å². The molecule has 2 heteroatoms. The summed E-state index contributed by atoms with van der Waals surface area (Å²) in [5.41, 5.74) is 6.61. The van der Waals surface area contributed by atoms with Gasteiger partial charge in [0.25, 0.3) is 0 Å². The number of allylic oxidation sites excluding steroid dienone is 3. The topological polar surface area (TPSA) is 26.0 Å². The van der Waals surface area contributed by atoms with Gasteiger partial charge in [-0.3, -0.25) is 0 Å². The van der Waals surface area contributed by atoms with Crippen LogP contribution in [0.25, 0.3) is 0 Å². The Morgan fingerprint density at radius 1 is 1.23 bits per heavy atom. The first-order valence-corrected chi connectivity index (χ1v) is 6.26. The number of hydrogen-bond donors (Lipinski definition) is 1. The van der Waals surface area contributed by atoms with E-state index in [1.807, 2.05) is 33.8 Å². The van der Waals surface area contributed by atoms with Crippen LogP contribution in [0.1, 0.15) is 40.5 Å². The molecule has 0 saturated carbocycles. The largest absolute Gasteiger partial charge is 0.398 e. The molecular weight excluding hydrogens is 178 g/mol. The van der Waals surface area contributed by atoms with Crippen LogP contribution in [-0.2, 0) is 0 Å². The van der Waals surface area contributed by atoms with E-state index in [0.29, 0.717) is 0 Å². The molecule has 1 nitrogen and oxygen atoms in total. The zero-order valence-corrected chi connectivity index (χ0v) is 10.4. The second-order valence-corrected chi connectivity index (χ2v) is 2.92. The van der Waals surface area contributed by atoms with Crippen LogP contribution in [0.15, 0.2) is 22.8 Å². The van der Waals surface area contributed by atoms with E-state index in [2.05, 4.69) is 12.3 Å². The average Bonchev–Trinajstić information content (AvgIpc) is 2.24. The highest BCUT2D eigenvalue weighted by Crippen LogP contribution is 2.23. The third-order valence-electron chi connectivity index (χ3n) is 1.40. The molecule has 0 heterocycles. The molecule has 2 N–H and O–H groups in total. The molecule has 0 aliphatic heterocycles. The fraction of sp³-hybridized carbons (Fsp3) is 0.636. The lowest BCUT2D eigenvalue weighted by atomic mass is 10.1. The summed E-state index contributed by atoms with van der Waals surface area (Å²) in [6.07, 6.45) is 8.46. The van der Waals surface area contributed by atoms with Crippen LogP contribution < -0.4 is 5.73 Å². The summed E-state index contributed by atoms with van der Waals surface area (Å²) < 4.78 is 0. The van der Waals surface area contributed by atoms with Gasteiger partial charge in [0.05, 0.1) is 0 Å². The fourth-order valence-electron chi connectivity index (χ4n) is 0.882. The van der Waals surface area contributed by atoms with Gasteiger partial charge in [0.2, 0.25) is 0 Å². The molecule has 0 fully saturated rings. The van der Waals surface area contributed by atoms with Gasteiger partial charge in [-0.15, -0.1) is 11.8 Å². The van der Waals surface area contributed by atoms with Crippen molar-refractivity contribution in [1.29, 1.82) is 0 Å². The zero-order valence-electron chi connectivity index (χ0n) is 9.55. The minimum Gasteiger partial charge on any atom is -0.398 e. The van der Waals surface area contributed by atoms with Gasteiger partial charge in [-0.2, -0.15) is 0 Å². The predicted octanol–water partition coefficient (Wildman–Crippen LogP) is 3.92. The first-order chi connectivity index (χ1) is 6.34. The van der Waals surface area contributed by atoms with Gasteiger partial charge in [-0.1, -0.05) is 33.8 Å². The molecule has 0 radical (unpaired) electrons. The van der Waals surface area contributed by atoms with Crippen molar-refractivity contribution in [1.82, 2.24) is 0 Å². The van der Waals surface area contributed by atoms with Crippen molar-refractivity contribution in [3.63, 3.8) is 0 Å². The zero-order chi connectivity index (χ0) is 10.7. The Bertz CT molecular complexity index is 159. The summed E-state index contributed by atoms with van der Waals surface area (Å²) in [5.74, 6) is 0. The molecule has 0 unspecified atom stereocenters. The molecule has 0 bridgehead atoms. The molecule has 1 aliphatic rings. The second kappa shape index (κ2) is 11.6. The molecule has 0 aromatic heterocycles. The maximum atomic E-state index is 5.66. The lowest BCUT2D eigenvalue weighted by Crippen LogP contribution is -2.00. The summed E-state index contributed by atoms with van der Waals surface area (Å²) in [6, 6.07) is 0. The quantitative estimate of drug-likeness (QED) is 0.696. The number of nitrogens with two attached hydrogens (primary N) is 1. The van der Waals surface area contributed by atoms with Crippen LogP contribution >= 0.6 is 11.8 Å². The Morgan fingerprint density at radius 3 is 2.08 bits per heavy atom. The first-order valence-electron chi connectivity index (χ1n) is 5.03. The molecule has 0 aromatic rings. The van der Waals surface area contributed by atoms with Gasteiger partial charge in [-0.25, -0.2) is 0 Å². The van der Waals surface area contributed by atoms with Crippen molar-refractivity contribution in [2.24, 2.45) is 5.73 Å². The van der Waals surface area contributed by atoms with E-state index in [0.717, 1.165) is 18.5 Å². The highest BCUT2D eigenvalue weighted by atomic mass is 32.2. The Kier molecular flexibility index (Phi) is 13.5. The van der Waals surface area contributed by atoms with E-state index in [9.17, 15) is 0 Å². The molecule has 0 amide bonds. The van der Waals surface area contributed by atoms with Crippen LogP contribution in [0.3, 0.4) is 0 Å². The molecule has 78 valence electrons. The Balaban J connectivity index is 0. The summed E-state index contributed by atoms with van der Waals surface area (Å²) in [5, 5.41) is 0. The van der Waals surface area contributed by atoms with Crippen LogP contribution in [-0.4, -0.2) is 6.26 Å². The second-order valence-electron chi connectivity index (χ2n) is 2.02. The van der Waals surface area contributed by atoms with Gasteiger partial charge in [0, 0.05) is 10.6 Å². The van der Waals surface area contributed by atoms with E-state index >= 15 is 0 Å².